The lowest BCUT2D eigenvalue weighted by Gasteiger charge is -2.29. The molecule has 2 aromatic rings. The number of benzene rings is 1. The van der Waals surface area contributed by atoms with E-state index in [1.54, 1.807) is 61.7 Å². The van der Waals surface area contributed by atoms with Gasteiger partial charge in [0.2, 0.25) is 17.7 Å². The van der Waals surface area contributed by atoms with Gasteiger partial charge < -0.3 is 42.3 Å². The fourth-order valence-electron chi connectivity index (χ4n) is 4.85. The molecule has 15 heteroatoms. The maximum atomic E-state index is 13.9. The number of nitrogens with one attached hydrogen (secondary N) is 4. The molecule has 9 N–H and O–H groups in total. The smallest absolute Gasteiger partial charge is 0.326 e. The Morgan fingerprint density at radius 2 is 1.46 bits per heavy atom. The predicted octanol–water partition coefficient (Wildman–Crippen LogP) is 0.956. The van der Waals surface area contributed by atoms with Gasteiger partial charge in [-0.05, 0) is 42.2 Å². The van der Waals surface area contributed by atoms with Crippen molar-refractivity contribution in [1.29, 1.82) is 0 Å². The largest absolute Gasteiger partial charge is 0.481 e. The Morgan fingerprint density at radius 1 is 0.792 bits per heavy atom. The Balaban J connectivity index is 2.35. The highest BCUT2D eigenvalue weighted by Gasteiger charge is 2.35. The number of aliphatic hydroxyl groups excluding tert-OH is 1. The summed E-state index contributed by atoms with van der Waals surface area (Å²) in [5.74, 6) is -5.86. The van der Waals surface area contributed by atoms with Crippen molar-refractivity contribution in [2.45, 2.75) is 102 Å². The number of carbonyl (C=O) groups excluding carboxylic acids is 4. The molecule has 0 bridgehead atoms. The van der Waals surface area contributed by atoms with Crippen LogP contribution in [-0.2, 0) is 41.6 Å². The van der Waals surface area contributed by atoms with Crippen molar-refractivity contribution in [1.82, 2.24) is 21.3 Å². The molecule has 0 saturated carbocycles. The van der Waals surface area contributed by atoms with Crippen LogP contribution in [0, 0.1) is 5.92 Å². The summed E-state index contributed by atoms with van der Waals surface area (Å²) in [5, 5.41) is 41.7. The first-order chi connectivity index (χ1) is 22.8. The minimum absolute atomic E-state index is 0.00608. The Labute approximate surface area is 283 Å². The second-order valence-electron chi connectivity index (χ2n) is 11.7. The van der Waals surface area contributed by atoms with Crippen LogP contribution in [0.4, 0.5) is 0 Å². The summed E-state index contributed by atoms with van der Waals surface area (Å²) in [6, 6.07) is 6.37. The molecule has 14 nitrogen and oxygen atoms in total. The van der Waals surface area contributed by atoms with Gasteiger partial charge in [-0.25, -0.2) is 4.79 Å². The number of hydrogen-bond donors (Lipinski definition) is 8. The number of carboxylic acids is 2. The summed E-state index contributed by atoms with van der Waals surface area (Å²) in [4.78, 5) is 76.8. The molecule has 1 aromatic heterocycles. The predicted molar refractivity (Wildman–Crippen MR) is 179 cm³/mol. The number of carboxylic acid groups (broad SMARTS) is 2. The van der Waals surface area contributed by atoms with E-state index >= 15 is 0 Å². The van der Waals surface area contributed by atoms with Gasteiger partial charge in [-0.1, -0.05) is 70.0 Å². The Morgan fingerprint density at radius 3 is 2.02 bits per heavy atom. The Bertz CT molecular complexity index is 1360. The van der Waals surface area contributed by atoms with Crippen molar-refractivity contribution in [2.24, 2.45) is 11.7 Å². The molecular formula is C33H47N5O9S. The average Bonchev–Trinajstić information content (AvgIpc) is 3.57. The molecule has 0 spiro atoms. The molecule has 7 atom stereocenters. The van der Waals surface area contributed by atoms with Gasteiger partial charge in [0, 0.05) is 17.7 Å². The van der Waals surface area contributed by atoms with Crippen molar-refractivity contribution in [3.05, 3.63) is 58.3 Å². The molecule has 2 rings (SSSR count). The molecule has 0 saturated heterocycles. The number of aliphatic hydroxyl groups is 1. The van der Waals surface area contributed by atoms with Crippen molar-refractivity contribution in [2.75, 3.05) is 0 Å². The van der Waals surface area contributed by atoms with Gasteiger partial charge in [0.25, 0.3) is 5.91 Å². The monoisotopic (exact) mass is 689 g/mol. The number of hydrogen-bond acceptors (Lipinski definition) is 9. The van der Waals surface area contributed by atoms with Crippen LogP contribution < -0.4 is 27.0 Å². The van der Waals surface area contributed by atoms with E-state index in [0.717, 1.165) is 4.88 Å². The summed E-state index contributed by atoms with van der Waals surface area (Å²) in [7, 11) is 0. The highest BCUT2D eigenvalue weighted by Crippen LogP contribution is 2.15. The third-order valence-electron chi connectivity index (χ3n) is 7.89. The zero-order chi connectivity index (χ0) is 35.8. The standard InChI is InChI=1S/C33H47N5O9S/c1-4-10-23(33(46)47)35-32(45)28(41)24(17-20-11-7-6-8-12-20)36-30(43)25(18-21-13-9-16-48-21)37-31(44)27(19(3)5-2)38-29(42)22(34)14-15-26(39)40/h6-9,11-13,16,19,22-25,27-28,41H,4-5,10,14-15,17-18,34H2,1-3H3,(H,35,45)(H,36,43)(H,37,44)(H,38,42)(H,39,40)(H,46,47)/t19-,22-,23-,24+,25-,27-,28+/m0/s1. The summed E-state index contributed by atoms with van der Waals surface area (Å²) in [5.41, 5.74) is 6.55. The van der Waals surface area contributed by atoms with Crippen LogP contribution >= 0.6 is 11.3 Å². The topological polar surface area (TPSA) is 237 Å². The molecule has 1 heterocycles. The van der Waals surface area contributed by atoms with Gasteiger partial charge in [0.05, 0.1) is 12.1 Å². The summed E-state index contributed by atoms with van der Waals surface area (Å²) in [6.45, 7) is 5.30. The van der Waals surface area contributed by atoms with Crippen LogP contribution in [0.2, 0.25) is 0 Å². The van der Waals surface area contributed by atoms with Crippen LogP contribution in [0.15, 0.2) is 47.8 Å². The van der Waals surface area contributed by atoms with E-state index in [0.29, 0.717) is 18.4 Å². The third-order valence-corrected chi connectivity index (χ3v) is 8.78. The van der Waals surface area contributed by atoms with Gasteiger partial charge in [-0.2, -0.15) is 0 Å². The molecule has 1 aromatic carbocycles. The highest BCUT2D eigenvalue weighted by molar-refractivity contribution is 7.09. The number of aliphatic carboxylic acids is 2. The third kappa shape index (κ3) is 13.0. The zero-order valence-electron chi connectivity index (χ0n) is 27.4. The van der Waals surface area contributed by atoms with Crippen LogP contribution in [0.5, 0.6) is 0 Å². The maximum absolute atomic E-state index is 13.9. The lowest BCUT2D eigenvalue weighted by molar-refractivity contribution is -0.144. The van der Waals surface area contributed by atoms with Crippen LogP contribution in [-0.4, -0.2) is 87.2 Å². The molecule has 0 aliphatic rings. The van der Waals surface area contributed by atoms with E-state index < -0.39 is 77.8 Å². The van der Waals surface area contributed by atoms with Gasteiger partial charge in [-0.15, -0.1) is 11.3 Å². The molecule has 264 valence electrons. The minimum atomic E-state index is -1.84. The minimum Gasteiger partial charge on any atom is -0.481 e. The number of rotatable bonds is 21. The first kappa shape index (κ1) is 39.8. The van der Waals surface area contributed by atoms with E-state index in [1.165, 1.54) is 11.3 Å². The van der Waals surface area contributed by atoms with Gasteiger partial charge in [-0.3, -0.25) is 24.0 Å². The maximum Gasteiger partial charge on any atom is 0.326 e. The van der Waals surface area contributed by atoms with E-state index in [1.807, 2.05) is 6.92 Å². The lowest BCUT2D eigenvalue weighted by atomic mass is 9.96. The SMILES string of the molecule is CCC[C@H](NC(=O)[C@H](O)[C@@H](Cc1ccccc1)NC(=O)[C@H](Cc1cccs1)NC(=O)[C@@H](NC(=O)[C@@H](N)CCC(=O)O)[C@@H](C)CC)C(=O)O. The summed E-state index contributed by atoms with van der Waals surface area (Å²) >= 11 is 1.35. The molecule has 0 aliphatic heterocycles. The van der Waals surface area contributed by atoms with Crippen LogP contribution in [0.3, 0.4) is 0 Å². The van der Waals surface area contributed by atoms with Crippen molar-refractivity contribution in [3.8, 4) is 0 Å². The van der Waals surface area contributed by atoms with Gasteiger partial charge in [0.1, 0.15) is 18.1 Å². The second kappa shape index (κ2) is 20.1. The van der Waals surface area contributed by atoms with E-state index in [4.69, 9.17) is 10.8 Å². The number of nitrogens with two attached hydrogens (primary N) is 1. The quantitative estimate of drug-likeness (QED) is 0.0924. The first-order valence-electron chi connectivity index (χ1n) is 15.9. The van der Waals surface area contributed by atoms with Crippen molar-refractivity contribution in [3.63, 3.8) is 0 Å². The van der Waals surface area contributed by atoms with Crippen molar-refractivity contribution < 1.29 is 44.1 Å². The number of carbonyl (C=O) groups is 6. The van der Waals surface area contributed by atoms with Crippen molar-refractivity contribution >= 4 is 46.9 Å². The molecular weight excluding hydrogens is 642 g/mol. The lowest BCUT2D eigenvalue weighted by Crippen LogP contribution is -2.60. The highest BCUT2D eigenvalue weighted by atomic mass is 32.1. The van der Waals surface area contributed by atoms with Gasteiger partial charge in [0.15, 0.2) is 6.10 Å². The van der Waals surface area contributed by atoms with E-state index in [9.17, 15) is 39.0 Å². The molecule has 0 aliphatic carbocycles. The Hall–Kier alpha value is -4.34. The Kier molecular flexibility index (Phi) is 16.7. The zero-order valence-corrected chi connectivity index (χ0v) is 28.2. The van der Waals surface area contributed by atoms with E-state index in [2.05, 4.69) is 21.3 Å². The molecule has 4 amide bonds. The first-order valence-corrected chi connectivity index (χ1v) is 16.8. The fourth-order valence-corrected chi connectivity index (χ4v) is 5.60. The second-order valence-corrected chi connectivity index (χ2v) is 12.7. The summed E-state index contributed by atoms with van der Waals surface area (Å²) in [6.07, 6.45) is -1.18. The van der Waals surface area contributed by atoms with Crippen LogP contribution in [0.1, 0.15) is 63.3 Å². The fraction of sp³-hybridized carbons (Fsp3) is 0.515. The normalized spacial score (nSPS) is 15.4. The van der Waals surface area contributed by atoms with Crippen LogP contribution in [0.25, 0.3) is 0 Å². The van der Waals surface area contributed by atoms with E-state index in [-0.39, 0.29) is 32.1 Å². The number of amides is 4. The number of thiophene rings is 1. The van der Waals surface area contributed by atoms with Gasteiger partial charge >= 0.3 is 11.9 Å². The molecule has 48 heavy (non-hydrogen) atoms. The molecule has 0 unspecified atom stereocenters. The molecule has 0 radical (unpaired) electrons. The summed E-state index contributed by atoms with van der Waals surface area (Å²) < 4.78 is 0. The average molecular weight is 690 g/mol. The molecule has 0 fully saturated rings.